The first kappa shape index (κ1) is 13.7. The molecule has 1 amide bonds. The van der Waals surface area contributed by atoms with Crippen molar-refractivity contribution < 1.29 is 14.7 Å². The van der Waals surface area contributed by atoms with Crippen molar-refractivity contribution in [3.05, 3.63) is 12.2 Å². The number of carboxylic acid groups (broad SMARTS) is 1. The van der Waals surface area contributed by atoms with E-state index in [0.29, 0.717) is 5.92 Å². The number of piperidine rings is 1. The van der Waals surface area contributed by atoms with Gasteiger partial charge in [-0.25, -0.2) is 0 Å². The zero-order valence-corrected chi connectivity index (χ0v) is 12.2. The molecular formula is C16H23NO3. The van der Waals surface area contributed by atoms with Crippen LogP contribution in [0.15, 0.2) is 12.2 Å². The van der Waals surface area contributed by atoms with Crippen LogP contribution in [0.3, 0.4) is 0 Å². The monoisotopic (exact) mass is 277 g/mol. The predicted octanol–water partition coefficient (Wildman–Crippen LogP) is 2.16. The number of carbonyl (C=O) groups is 2. The van der Waals surface area contributed by atoms with Crippen LogP contribution in [0.2, 0.25) is 0 Å². The Bertz CT molecular complexity index is 459. The lowest BCUT2D eigenvalue weighted by Gasteiger charge is -2.41. The van der Waals surface area contributed by atoms with E-state index in [1.807, 2.05) is 11.0 Å². The van der Waals surface area contributed by atoms with Gasteiger partial charge in [0.25, 0.3) is 0 Å². The molecule has 4 heteroatoms. The van der Waals surface area contributed by atoms with Crippen molar-refractivity contribution in [3.8, 4) is 0 Å². The van der Waals surface area contributed by atoms with Crippen molar-refractivity contribution >= 4 is 11.9 Å². The van der Waals surface area contributed by atoms with Crippen LogP contribution in [0.5, 0.6) is 0 Å². The van der Waals surface area contributed by atoms with Gasteiger partial charge in [0, 0.05) is 12.6 Å². The number of hydrogen-bond donors (Lipinski definition) is 1. The van der Waals surface area contributed by atoms with Gasteiger partial charge in [0.05, 0.1) is 11.8 Å². The van der Waals surface area contributed by atoms with E-state index in [0.717, 1.165) is 25.8 Å². The molecule has 0 aromatic carbocycles. The molecule has 1 saturated carbocycles. The van der Waals surface area contributed by atoms with E-state index in [2.05, 4.69) is 19.9 Å². The van der Waals surface area contributed by atoms with Crippen LogP contribution in [0.1, 0.15) is 33.1 Å². The number of carbonyl (C=O) groups excluding carboxylic acids is 1. The van der Waals surface area contributed by atoms with Gasteiger partial charge in [0.15, 0.2) is 0 Å². The SMILES string of the molecule is CC1CCCN(C(=O)[C@H]2C3C=CC(C3)[C@H]2C(=O)O)C1C. The van der Waals surface area contributed by atoms with Crippen LogP contribution in [0.25, 0.3) is 0 Å². The van der Waals surface area contributed by atoms with Crippen LogP contribution in [0.4, 0.5) is 0 Å². The smallest absolute Gasteiger partial charge is 0.307 e. The quantitative estimate of drug-likeness (QED) is 0.787. The number of amides is 1. The van der Waals surface area contributed by atoms with E-state index in [9.17, 15) is 14.7 Å². The standard InChI is InChI=1S/C16H23NO3/c1-9-4-3-7-17(10(9)2)15(18)13-11-5-6-12(8-11)14(13)16(19)20/h5-6,9-14H,3-4,7-8H2,1-2H3,(H,19,20)/t9?,10?,11?,12?,13-,14+/m0/s1. The third kappa shape index (κ3) is 1.97. The van der Waals surface area contributed by atoms with Gasteiger partial charge in [-0.1, -0.05) is 19.1 Å². The van der Waals surface area contributed by atoms with E-state index in [4.69, 9.17) is 0 Å². The minimum absolute atomic E-state index is 0.0592. The van der Waals surface area contributed by atoms with Gasteiger partial charge in [0.1, 0.15) is 0 Å². The van der Waals surface area contributed by atoms with E-state index in [1.165, 1.54) is 0 Å². The zero-order valence-electron chi connectivity index (χ0n) is 12.2. The summed E-state index contributed by atoms with van der Waals surface area (Å²) in [5.41, 5.74) is 0. The highest BCUT2D eigenvalue weighted by atomic mass is 16.4. The average Bonchev–Trinajstić information content (AvgIpc) is 3.01. The van der Waals surface area contributed by atoms with Crippen molar-refractivity contribution in [1.29, 1.82) is 0 Å². The van der Waals surface area contributed by atoms with Crippen molar-refractivity contribution in [3.63, 3.8) is 0 Å². The van der Waals surface area contributed by atoms with E-state index in [-0.39, 0.29) is 29.7 Å². The molecule has 20 heavy (non-hydrogen) atoms. The number of allylic oxidation sites excluding steroid dienone is 2. The van der Waals surface area contributed by atoms with E-state index < -0.39 is 11.9 Å². The molecule has 4 unspecified atom stereocenters. The molecule has 3 aliphatic rings. The lowest BCUT2D eigenvalue weighted by molar-refractivity contribution is -0.153. The highest BCUT2D eigenvalue weighted by Crippen LogP contribution is 2.49. The number of likely N-dealkylation sites (tertiary alicyclic amines) is 1. The van der Waals surface area contributed by atoms with E-state index in [1.54, 1.807) is 0 Å². The second-order valence-electron chi connectivity index (χ2n) is 6.73. The summed E-state index contributed by atoms with van der Waals surface area (Å²) in [5, 5.41) is 9.47. The molecule has 110 valence electrons. The summed E-state index contributed by atoms with van der Waals surface area (Å²) >= 11 is 0. The number of rotatable bonds is 2. The van der Waals surface area contributed by atoms with Gasteiger partial charge >= 0.3 is 5.97 Å². The third-order valence-electron chi connectivity index (χ3n) is 5.69. The molecular weight excluding hydrogens is 254 g/mol. The Morgan fingerprint density at radius 1 is 1.15 bits per heavy atom. The van der Waals surface area contributed by atoms with Crippen molar-refractivity contribution in [2.45, 2.75) is 39.2 Å². The second-order valence-corrected chi connectivity index (χ2v) is 6.73. The van der Waals surface area contributed by atoms with Crippen molar-refractivity contribution in [2.24, 2.45) is 29.6 Å². The summed E-state index contributed by atoms with van der Waals surface area (Å²) < 4.78 is 0. The third-order valence-corrected chi connectivity index (χ3v) is 5.69. The molecule has 1 aliphatic heterocycles. The van der Waals surface area contributed by atoms with Crippen LogP contribution < -0.4 is 0 Å². The fourth-order valence-corrected chi connectivity index (χ4v) is 4.33. The average molecular weight is 277 g/mol. The van der Waals surface area contributed by atoms with Crippen molar-refractivity contribution in [1.82, 2.24) is 4.90 Å². The minimum atomic E-state index is -0.807. The van der Waals surface area contributed by atoms with Crippen LogP contribution in [-0.4, -0.2) is 34.5 Å². The van der Waals surface area contributed by atoms with Gasteiger partial charge in [-0.05, 0) is 43.9 Å². The maximum Gasteiger partial charge on any atom is 0.307 e. The molecule has 1 saturated heterocycles. The minimum Gasteiger partial charge on any atom is -0.481 e. The molecule has 0 spiro atoms. The number of carboxylic acids is 1. The summed E-state index contributed by atoms with van der Waals surface area (Å²) in [6, 6.07) is 0.230. The second kappa shape index (κ2) is 4.90. The summed E-state index contributed by atoms with van der Waals surface area (Å²) in [6.07, 6.45) is 7.08. The summed E-state index contributed by atoms with van der Waals surface area (Å²) in [7, 11) is 0. The molecule has 2 aliphatic carbocycles. The number of hydrogen-bond acceptors (Lipinski definition) is 2. The summed E-state index contributed by atoms with van der Waals surface area (Å²) in [5.74, 6) is -0.879. The number of fused-ring (bicyclic) bond motifs is 2. The first-order valence-corrected chi connectivity index (χ1v) is 7.72. The Hall–Kier alpha value is -1.32. The Morgan fingerprint density at radius 3 is 2.45 bits per heavy atom. The number of nitrogens with zero attached hydrogens (tertiary/aromatic N) is 1. The van der Waals surface area contributed by atoms with Gasteiger partial charge in [0.2, 0.25) is 5.91 Å². The fraction of sp³-hybridized carbons (Fsp3) is 0.750. The van der Waals surface area contributed by atoms with Crippen LogP contribution in [0, 0.1) is 29.6 Å². The Kier molecular flexibility index (Phi) is 3.35. The molecule has 1 N–H and O–H groups in total. The molecule has 6 atom stereocenters. The highest BCUT2D eigenvalue weighted by Gasteiger charge is 2.53. The maximum absolute atomic E-state index is 12.9. The predicted molar refractivity (Wildman–Crippen MR) is 74.9 cm³/mol. The van der Waals surface area contributed by atoms with Crippen LogP contribution in [-0.2, 0) is 9.59 Å². The van der Waals surface area contributed by atoms with E-state index >= 15 is 0 Å². The molecule has 0 radical (unpaired) electrons. The first-order valence-electron chi connectivity index (χ1n) is 7.72. The fourth-order valence-electron chi connectivity index (χ4n) is 4.33. The van der Waals surface area contributed by atoms with Gasteiger partial charge in [-0.3, -0.25) is 9.59 Å². The summed E-state index contributed by atoms with van der Waals surface area (Å²) in [4.78, 5) is 26.4. The maximum atomic E-state index is 12.9. The number of aliphatic carboxylic acids is 1. The largest absolute Gasteiger partial charge is 0.481 e. The van der Waals surface area contributed by atoms with Gasteiger partial charge in [-0.15, -0.1) is 0 Å². The lowest BCUT2D eigenvalue weighted by atomic mass is 9.80. The Labute approximate surface area is 119 Å². The molecule has 0 aromatic rings. The normalized spacial score (nSPS) is 43.0. The lowest BCUT2D eigenvalue weighted by Crippen LogP contribution is -2.51. The van der Waals surface area contributed by atoms with Gasteiger partial charge < -0.3 is 10.0 Å². The highest BCUT2D eigenvalue weighted by molar-refractivity contribution is 5.87. The molecule has 0 aromatic heterocycles. The van der Waals surface area contributed by atoms with Gasteiger partial charge in [-0.2, -0.15) is 0 Å². The van der Waals surface area contributed by atoms with Crippen molar-refractivity contribution in [2.75, 3.05) is 6.54 Å². The molecule has 4 nitrogen and oxygen atoms in total. The molecule has 3 rings (SSSR count). The summed E-state index contributed by atoms with van der Waals surface area (Å²) in [6.45, 7) is 5.06. The Balaban J connectivity index is 1.82. The Morgan fingerprint density at radius 2 is 1.80 bits per heavy atom. The molecule has 1 heterocycles. The molecule has 2 bridgehead atoms. The molecule has 2 fully saturated rings. The zero-order chi connectivity index (χ0) is 14.4. The topological polar surface area (TPSA) is 57.6 Å². The first-order chi connectivity index (χ1) is 9.50. The van der Waals surface area contributed by atoms with Crippen LogP contribution >= 0.6 is 0 Å².